The molecule has 0 radical (unpaired) electrons. The highest BCUT2D eigenvalue weighted by atomic mass is 14.3. The van der Waals surface area contributed by atoms with Gasteiger partial charge in [0.25, 0.3) is 0 Å². The predicted octanol–water partition coefficient (Wildman–Crippen LogP) is 6.51. The molecular formula is C18H34. The van der Waals surface area contributed by atoms with E-state index in [1.54, 1.807) is 0 Å². The van der Waals surface area contributed by atoms with E-state index in [2.05, 4.69) is 26.8 Å². The van der Waals surface area contributed by atoms with Crippen LogP contribution in [0.4, 0.5) is 0 Å². The smallest absolute Gasteiger partial charge is 0.0203 e. The van der Waals surface area contributed by atoms with Crippen LogP contribution in [0.15, 0.2) is 11.6 Å². The summed E-state index contributed by atoms with van der Waals surface area (Å²) in [7, 11) is 0. The van der Waals surface area contributed by atoms with E-state index in [-0.39, 0.29) is 0 Å². The van der Waals surface area contributed by atoms with Crippen LogP contribution in [0.25, 0.3) is 0 Å². The van der Waals surface area contributed by atoms with Crippen molar-refractivity contribution < 1.29 is 0 Å². The van der Waals surface area contributed by atoms with Crippen LogP contribution in [-0.4, -0.2) is 0 Å². The molecule has 2 atom stereocenters. The van der Waals surface area contributed by atoms with Crippen molar-refractivity contribution in [2.75, 3.05) is 0 Å². The van der Waals surface area contributed by atoms with Gasteiger partial charge in [-0.15, -0.1) is 0 Å². The second-order valence-corrected chi connectivity index (χ2v) is 6.32. The van der Waals surface area contributed by atoms with Gasteiger partial charge in [-0.05, 0) is 43.9 Å². The molecule has 0 bridgehead atoms. The molecule has 0 nitrogen and oxygen atoms in total. The van der Waals surface area contributed by atoms with E-state index in [0.29, 0.717) is 0 Å². The lowest BCUT2D eigenvalue weighted by atomic mass is 9.93. The lowest BCUT2D eigenvalue weighted by Gasteiger charge is -2.13. The van der Waals surface area contributed by atoms with Crippen molar-refractivity contribution in [3.63, 3.8) is 0 Å². The van der Waals surface area contributed by atoms with E-state index in [0.717, 1.165) is 11.8 Å². The van der Waals surface area contributed by atoms with Crippen LogP contribution in [0.2, 0.25) is 0 Å². The van der Waals surface area contributed by atoms with Crippen molar-refractivity contribution in [3.05, 3.63) is 11.6 Å². The third-order valence-corrected chi connectivity index (χ3v) is 4.68. The second-order valence-electron chi connectivity index (χ2n) is 6.32. The van der Waals surface area contributed by atoms with E-state index < -0.39 is 0 Å². The first-order valence-electron chi connectivity index (χ1n) is 8.46. The maximum absolute atomic E-state index is 2.60. The number of hydrogen-bond donors (Lipinski definition) is 0. The van der Waals surface area contributed by atoms with Crippen molar-refractivity contribution in [2.24, 2.45) is 11.8 Å². The molecule has 0 aliphatic heterocycles. The molecule has 1 fully saturated rings. The van der Waals surface area contributed by atoms with Crippen molar-refractivity contribution >= 4 is 0 Å². The zero-order valence-electron chi connectivity index (χ0n) is 13.0. The van der Waals surface area contributed by atoms with Gasteiger partial charge in [-0.25, -0.2) is 0 Å². The largest absolute Gasteiger partial charge is 0.0848 e. The van der Waals surface area contributed by atoms with E-state index >= 15 is 0 Å². The molecule has 0 amide bonds. The van der Waals surface area contributed by atoms with Crippen molar-refractivity contribution in [1.82, 2.24) is 0 Å². The normalized spacial score (nSPS) is 23.7. The van der Waals surface area contributed by atoms with Crippen LogP contribution in [0.5, 0.6) is 0 Å². The van der Waals surface area contributed by atoms with Crippen LogP contribution in [0, 0.1) is 11.8 Å². The number of hydrogen-bond acceptors (Lipinski definition) is 0. The molecule has 0 heteroatoms. The fourth-order valence-electron chi connectivity index (χ4n) is 3.05. The van der Waals surface area contributed by atoms with Crippen LogP contribution >= 0.6 is 0 Å². The van der Waals surface area contributed by atoms with Crippen molar-refractivity contribution in [1.29, 1.82) is 0 Å². The zero-order chi connectivity index (χ0) is 13.2. The molecule has 2 unspecified atom stereocenters. The zero-order valence-corrected chi connectivity index (χ0v) is 13.0. The van der Waals surface area contributed by atoms with Gasteiger partial charge in [0, 0.05) is 0 Å². The molecular weight excluding hydrogens is 216 g/mol. The predicted molar refractivity (Wildman–Crippen MR) is 82.9 cm³/mol. The molecule has 0 spiro atoms. The van der Waals surface area contributed by atoms with Crippen molar-refractivity contribution in [3.8, 4) is 0 Å². The first-order valence-corrected chi connectivity index (χ1v) is 8.46. The first kappa shape index (κ1) is 15.8. The highest BCUT2D eigenvalue weighted by Gasteiger charge is 2.19. The monoisotopic (exact) mass is 250 g/mol. The summed E-state index contributed by atoms with van der Waals surface area (Å²) in [5, 5.41) is 0. The minimum Gasteiger partial charge on any atom is -0.0848 e. The summed E-state index contributed by atoms with van der Waals surface area (Å²) in [6.07, 6.45) is 18.2. The highest BCUT2D eigenvalue weighted by Crippen LogP contribution is 2.35. The van der Waals surface area contributed by atoms with Gasteiger partial charge in [0.05, 0.1) is 0 Å². The Kier molecular flexibility index (Phi) is 8.46. The Labute approximate surface area is 115 Å². The standard InChI is InChI=1S/C18H34/c1-4-6-7-8-9-11-17-12-10-13-18(17)15-14-16(3)5-2/h15-17H,4-14H2,1-3H3/b18-15+. The summed E-state index contributed by atoms with van der Waals surface area (Å²) in [5.41, 5.74) is 1.81. The van der Waals surface area contributed by atoms with Gasteiger partial charge in [-0.2, -0.15) is 0 Å². The van der Waals surface area contributed by atoms with E-state index in [1.165, 1.54) is 70.6 Å². The van der Waals surface area contributed by atoms with E-state index in [4.69, 9.17) is 0 Å². The fourth-order valence-corrected chi connectivity index (χ4v) is 3.05. The van der Waals surface area contributed by atoms with Crippen LogP contribution < -0.4 is 0 Å². The quantitative estimate of drug-likeness (QED) is 0.323. The lowest BCUT2D eigenvalue weighted by Crippen LogP contribution is -1.98. The van der Waals surface area contributed by atoms with Gasteiger partial charge in [-0.3, -0.25) is 0 Å². The third kappa shape index (κ3) is 6.07. The number of rotatable bonds is 9. The average Bonchev–Trinajstić information content (AvgIpc) is 2.83. The van der Waals surface area contributed by atoms with Crippen LogP contribution in [-0.2, 0) is 0 Å². The Hall–Kier alpha value is -0.260. The van der Waals surface area contributed by atoms with E-state index in [9.17, 15) is 0 Å². The minimum absolute atomic E-state index is 0.878. The molecule has 0 aromatic heterocycles. The topological polar surface area (TPSA) is 0 Å². The third-order valence-electron chi connectivity index (χ3n) is 4.68. The summed E-state index contributed by atoms with van der Waals surface area (Å²) in [4.78, 5) is 0. The van der Waals surface area contributed by atoms with Gasteiger partial charge in [-0.1, -0.05) is 70.9 Å². The summed E-state index contributed by atoms with van der Waals surface area (Å²) >= 11 is 0. The average molecular weight is 250 g/mol. The number of allylic oxidation sites excluding steroid dienone is 2. The summed E-state index contributed by atoms with van der Waals surface area (Å²) in [6.45, 7) is 6.99. The summed E-state index contributed by atoms with van der Waals surface area (Å²) in [5.74, 6) is 1.83. The molecule has 1 aliphatic rings. The molecule has 0 heterocycles. The van der Waals surface area contributed by atoms with Gasteiger partial charge in [0.15, 0.2) is 0 Å². The van der Waals surface area contributed by atoms with Crippen molar-refractivity contribution in [2.45, 2.75) is 91.4 Å². The van der Waals surface area contributed by atoms with E-state index in [1.807, 2.05) is 5.57 Å². The Morgan fingerprint density at radius 3 is 2.67 bits per heavy atom. The van der Waals surface area contributed by atoms with Gasteiger partial charge >= 0.3 is 0 Å². The Bertz CT molecular complexity index is 226. The second kappa shape index (κ2) is 9.64. The molecule has 0 aromatic carbocycles. The fraction of sp³-hybridized carbons (Fsp3) is 0.889. The van der Waals surface area contributed by atoms with Gasteiger partial charge in [0.2, 0.25) is 0 Å². The molecule has 1 aliphatic carbocycles. The van der Waals surface area contributed by atoms with Gasteiger partial charge < -0.3 is 0 Å². The highest BCUT2D eigenvalue weighted by molar-refractivity contribution is 5.11. The summed E-state index contributed by atoms with van der Waals surface area (Å²) < 4.78 is 0. The Morgan fingerprint density at radius 1 is 1.17 bits per heavy atom. The first-order chi connectivity index (χ1) is 8.77. The maximum atomic E-state index is 2.60. The maximum Gasteiger partial charge on any atom is -0.0203 e. The molecule has 0 saturated heterocycles. The van der Waals surface area contributed by atoms with Crippen LogP contribution in [0.3, 0.4) is 0 Å². The Morgan fingerprint density at radius 2 is 1.94 bits per heavy atom. The van der Waals surface area contributed by atoms with Gasteiger partial charge in [0.1, 0.15) is 0 Å². The SMILES string of the molecule is CCCCCCCC1CCC/C1=C\CC(C)CC. The molecule has 1 saturated carbocycles. The molecule has 18 heavy (non-hydrogen) atoms. The lowest BCUT2D eigenvalue weighted by molar-refractivity contribution is 0.508. The minimum atomic E-state index is 0.878. The molecule has 106 valence electrons. The molecule has 0 aromatic rings. The molecule has 0 N–H and O–H groups in total. The molecule has 1 rings (SSSR count). The number of unbranched alkanes of at least 4 members (excludes halogenated alkanes) is 4. The van der Waals surface area contributed by atoms with Crippen LogP contribution in [0.1, 0.15) is 91.4 Å². The Balaban J connectivity index is 2.22. The summed E-state index contributed by atoms with van der Waals surface area (Å²) in [6, 6.07) is 0.